The quantitative estimate of drug-likeness (QED) is 0.873. The van der Waals surface area contributed by atoms with E-state index in [4.69, 9.17) is 5.73 Å². The lowest BCUT2D eigenvalue weighted by molar-refractivity contribution is 0.438. The number of rotatable bonds is 3. The van der Waals surface area contributed by atoms with Gasteiger partial charge >= 0.3 is 0 Å². The molecule has 0 spiro atoms. The van der Waals surface area contributed by atoms with Crippen LogP contribution < -0.4 is 5.73 Å². The van der Waals surface area contributed by atoms with Crippen molar-refractivity contribution in [2.45, 2.75) is 19.5 Å². The molecule has 0 bridgehead atoms. The van der Waals surface area contributed by atoms with Crippen molar-refractivity contribution in [3.63, 3.8) is 0 Å². The molecule has 2 N–H and O–H groups in total. The second kappa shape index (κ2) is 4.72. The normalized spacial score (nSPS) is 19.6. The van der Waals surface area contributed by atoms with Gasteiger partial charge in [0.15, 0.2) is 0 Å². The highest BCUT2D eigenvalue weighted by Gasteiger charge is 2.28. The predicted molar refractivity (Wildman–Crippen MR) is 63.1 cm³/mol. The Hall–Kier alpha value is -0.980. The monoisotopic (exact) mass is 258 g/mol. The number of nitrogens with two attached hydrogens (primary N) is 1. The average Bonchev–Trinajstić information content (AvgIpc) is 2.61. The molecule has 0 unspecified atom stereocenters. The lowest BCUT2D eigenvalue weighted by Crippen LogP contribution is -2.26. The van der Waals surface area contributed by atoms with Crippen molar-refractivity contribution in [2.75, 3.05) is 12.3 Å². The van der Waals surface area contributed by atoms with Gasteiger partial charge in [-0.1, -0.05) is 6.07 Å². The molecule has 1 aromatic carbocycles. The Kier molecular flexibility index (Phi) is 3.46. The first-order chi connectivity index (χ1) is 8.03. The molecule has 0 atom stereocenters. The van der Waals surface area contributed by atoms with Gasteiger partial charge in [-0.3, -0.25) is 0 Å². The van der Waals surface area contributed by atoms with E-state index in [-0.39, 0.29) is 24.7 Å². The maximum atomic E-state index is 13.0. The summed E-state index contributed by atoms with van der Waals surface area (Å²) in [6.45, 7) is 1.03. The summed E-state index contributed by atoms with van der Waals surface area (Å²) in [5, 5.41) is 0. The highest BCUT2D eigenvalue weighted by molar-refractivity contribution is 7.89. The van der Waals surface area contributed by atoms with Gasteiger partial charge in [0.25, 0.3) is 0 Å². The van der Waals surface area contributed by atoms with Crippen molar-refractivity contribution in [1.82, 2.24) is 4.31 Å². The number of nitrogens with zero attached hydrogens (tertiary/aromatic N) is 1. The lowest BCUT2D eigenvalue weighted by Gasteiger charge is -2.16. The molecule has 1 aliphatic rings. The largest absolute Gasteiger partial charge is 0.326 e. The van der Waals surface area contributed by atoms with Crippen LogP contribution in [-0.4, -0.2) is 25.0 Å². The van der Waals surface area contributed by atoms with E-state index in [0.717, 1.165) is 5.56 Å². The summed E-state index contributed by atoms with van der Waals surface area (Å²) >= 11 is 0. The molecule has 6 heteroatoms. The Labute approximate surface area is 100 Å². The molecule has 17 heavy (non-hydrogen) atoms. The van der Waals surface area contributed by atoms with Gasteiger partial charge in [0.2, 0.25) is 10.0 Å². The first-order valence-electron chi connectivity index (χ1n) is 5.48. The van der Waals surface area contributed by atoms with Crippen LogP contribution in [0.5, 0.6) is 0 Å². The minimum Gasteiger partial charge on any atom is -0.326 e. The number of benzene rings is 1. The van der Waals surface area contributed by atoms with E-state index in [1.807, 2.05) is 0 Å². The van der Waals surface area contributed by atoms with Crippen LogP contribution >= 0.6 is 0 Å². The van der Waals surface area contributed by atoms with E-state index in [1.165, 1.54) is 16.4 Å². The van der Waals surface area contributed by atoms with Crippen LogP contribution in [0.3, 0.4) is 0 Å². The molecule has 1 aliphatic heterocycles. The third-order valence-corrected chi connectivity index (χ3v) is 4.84. The maximum Gasteiger partial charge on any atom is 0.214 e. The van der Waals surface area contributed by atoms with Gasteiger partial charge in [-0.15, -0.1) is 0 Å². The standard InChI is InChI=1S/C11H15FN2O2S/c12-11-3-2-9(10(6-11)7-13)8-14-4-1-5-17(14,15)16/h2-3,6H,1,4-5,7-8,13H2. The molecule has 1 heterocycles. The van der Waals surface area contributed by atoms with Crippen LogP contribution in [0.4, 0.5) is 4.39 Å². The van der Waals surface area contributed by atoms with Crippen LogP contribution in [0.25, 0.3) is 0 Å². The highest BCUT2D eigenvalue weighted by atomic mass is 32.2. The zero-order chi connectivity index (χ0) is 12.5. The fourth-order valence-corrected chi connectivity index (χ4v) is 3.49. The molecule has 4 nitrogen and oxygen atoms in total. The molecule has 2 rings (SSSR count). The summed E-state index contributed by atoms with van der Waals surface area (Å²) in [7, 11) is -3.12. The van der Waals surface area contributed by atoms with E-state index in [9.17, 15) is 12.8 Å². The van der Waals surface area contributed by atoms with E-state index in [2.05, 4.69) is 0 Å². The van der Waals surface area contributed by atoms with Gasteiger partial charge in [-0.05, 0) is 29.7 Å². The molecule has 0 amide bonds. The summed E-state index contributed by atoms with van der Waals surface area (Å²) in [6.07, 6.45) is 0.654. The average molecular weight is 258 g/mol. The molecule has 1 saturated heterocycles. The fraction of sp³-hybridized carbons (Fsp3) is 0.455. The van der Waals surface area contributed by atoms with E-state index in [0.29, 0.717) is 18.5 Å². The van der Waals surface area contributed by atoms with Gasteiger partial charge in [-0.2, -0.15) is 4.31 Å². The molecule has 0 aromatic heterocycles. The number of hydrogen-bond donors (Lipinski definition) is 1. The zero-order valence-electron chi connectivity index (χ0n) is 9.39. The topological polar surface area (TPSA) is 63.4 Å². The van der Waals surface area contributed by atoms with Crippen LogP contribution in [0, 0.1) is 5.82 Å². The zero-order valence-corrected chi connectivity index (χ0v) is 10.2. The third-order valence-electron chi connectivity index (χ3n) is 2.94. The highest BCUT2D eigenvalue weighted by Crippen LogP contribution is 2.20. The molecule has 0 aliphatic carbocycles. The van der Waals surface area contributed by atoms with Crippen molar-refractivity contribution in [3.8, 4) is 0 Å². The third kappa shape index (κ3) is 2.65. The first kappa shape index (κ1) is 12.5. The Balaban J connectivity index is 2.24. The van der Waals surface area contributed by atoms with Gasteiger partial charge in [0.05, 0.1) is 5.75 Å². The molecular formula is C11H15FN2O2S. The number of halogens is 1. The number of hydrogen-bond acceptors (Lipinski definition) is 3. The predicted octanol–water partition coefficient (Wildman–Crippen LogP) is 0.820. The fourth-order valence-electron chi connectivity index (χ4n) is 2.00. The van der Waals surface area contributed by atoms with Crippen LogP contribution in [-0.2, 0) is 23.1 Å². The Morgan fingerprint density at radius 2 is 2.12 bits per heavy atom. The van der Waals surface area contributed by atoms with Gasteiger partial charge in [0.1, 0.15) is 5.82 Å². The van der Waals surface area contributed by atoms with Crippen molar-refractivity contribution in [2.24, 2.45) is 5.73 Å². The summed E-state index contributed by atoms with van der Waals surface area (Å²) < 4.78 is 37.7. The summed E-state index contributed by atoms with van der Waals surface area (Å²) in [4.78, 5) is 0. The number of sulfonamides is 1. The molecule has 0 radical (unpaired) electrons. The molecular weight excluding hydrogens is 243 g/mol. The first-order valence-corrected chi connectivity index (χ1v) is 7.09. The smallest absolute Gasteiger partial charge is 0.214 e. The summed E-state index contributed by atoms with van der Waals surface area (Å²) in [5.41, 5.74) is 6.96. The maximum absolute atomic E-state index is 13.0. The van der Waals surface area contributed by atoms with E-state index < -0.39 is 10.0 Å². The van der Waals surface area contributed by atoms with Crippen molar-refractivity contribution < 1.29 is 12.8 Å². The summed E-state index contributed by atoms with van der Waals surface area (Å²) in [5.74, 6) is -0.148. The van der Waals surface area contributed by atoms with Crippen LogP contribution in [0.15, 0.2) is 18.2 Å². The van der Waals surface area contributed by atoms with Gasteiger partial charge in [0, 0.05) is 19.6 Å². The molecule has 0 saturated carbocycles. The van der Waals surface area contributed by atoms with Crippen LogP contribution in [0.1, 0.15) is 17.5 Å². The molecule has 1 aromatic rings. The second-order valence-electron chi connectivity index (χ2n) is 4.12. The Morgan fingerprint density at radius 3 is 2.71 bits per heavy atom. The minimum atomic E-state index is -3.12. The van der Waals surface area contributed by atoms with Crippen molar-refractivity contribution in [1.29, 1.82) is 0 Å². The van der Waals surface area contributed by atoms with E-state index >= 15 is 0 Å². The minimum absolute atomic E-state index is 0.201. The van der Waals surface area contributed by atoms with Crippen LogP contribution in [0.2, 0.25) is 0 Å². The second-order valence-corrected chi connectivity index (χ2v) is 6.21. The van der Waals surface area contributed by atoms with Crippen molar-refractivity contribution >= 4 is 10.0 Å². The van der Waals surface area contributed by atoms with Crippen molar-refractivity contribution in [3.05, 3.63) is 35.1 Å². The van der Waals surface area contributed by atoms with E-state index in [1.54, 1.807) is 6.07 Å². The lowest BCUT2D eigenvalue weighted by atomic mass is 10.1. The van der Waals surface area contributed by atoms with Gasteiger partial charge < -0.3 is 5.73 Å². The van der Waals surface area contributed by atoms with Gasteiger partial charge in [-0.25, -0.2) is 12.8 Å². The Bertz CT molecular complexity index is 516. The SMILES string of the molecule is NCc1cc(F)ccc1CN1CCCS1(=O)=O. The molecule has 94 valence electrons. The summed E-state index contributed by atoms with van der Waals surface area (Å²) in [6, 6.07) is 4.29. The Morgan fingerprint density at radius 1 is 1.35 bits per heavy atom. The molecule has 1 fully saturated rings.